The molecule has 0 fully saturated rings. The highest BCUT2D eigenvalue weighted by Crippen LogP contribution is 2.27. The molecule has 0 radical (unpaired) electrons. The van der Waals surface area contributed by atoms with Crippen LogP contribution in [0.2, 0.25) is 0 Å². The van der Waals surface area contributed by atoms with Crippen LogP contribution in [0, 0.1) is 17.0 Å². The Bertz CT molecular complexity index is 927. The lowest BCUT2D eigenvalue weighted by Crippen LogP contribution is -2.87. The molecule has 3 N–H and O–H groups in total. The molecule has 1 heterocycles. The zero-order chi connectivity index (χ0) is 19.2. The minimum Gasteiger partial charge on any atom is -0.328 e. The molecular formula is C20H20N3O3S+. The number of quaternary nitrogens is 1. The summed E-state index contributed by atoms with van der Waals surface area (Å²) in [6.07, 6.45) is 0. The molecule has 0 aliphatic rings. The van der Waals surface area contributed by atoms with Crippen LogP contribution in [-0.4, -0.2) is 17.4 Å². The highest BCUT2D eigenvalue weighted by molar-refractivity contribution is 7.10. The van der Waals surface area contributed by atoms with Crippen molar-refractivity contribution < 1.29 is 15.0 Å². The quantitative estimate of drug-likeness (QED) is 0.486. The fourth-order valence-corrected chi connectivity index (χ4v) is 3.78. The van der Waals surface area contributed by atoms with Crippen LogP contribution in [0.15, 0.2) is 66.0 Å². The predicted octanol–water partition coefficient (Wildman–Crippen LogP) is 3.26. The van der Waals surface area contributed by atoms with E-state index in [-0.39, 0.29) is 29.9 Å². The van der Waals surface area contributed by atoms with E-state index in [1.165, 1.54) is 6.07 Å². The second kappa shape index (κ2) is 8.57. The number of nitro groups is 1. The number of nitrogens with two attached hydrogens (primary N) is 1. The van der Waals surface area contributed by atoms with E-state index in [1.54, 1.807) is 30.4 Å². The highest BCUT2D eigenvalue weighted by Gasteiger charge is 2.22. The molecule has 0 unspecified atom stereocenters. The molecule has 0 saturated heterocycles. The van der Waals surface area contributed by atoms with E-state index < -0.39 is 4.92 Å². The first-order valence-electron chi connectivity index (χ1n) is 8.52. The molecule has 1 amide bonds. The normalized spacial score (nSPS) is 11.7. The van der Waals surface area contributed by atoms with Gasteiger partial charge in [-0.1, -0.05) is 48.5 Å². The Balaban J connectivity index is 1.74. The summed E-state index contributed by atoms with van der Waals surface area (Å²) >= 11 is 1.64. The summed E-state index contributed by atoms with van der Waals surface area (Å²) in [6.45, 7) is 1.90. The molecule has 1 atom stereocenters. The number of aryl methyl sites for hydroxylation is 1. The van der Waals surface area contributed by atoms with Gasteiger partial charge in [0.05, 0.1) is 9.80 Å². The number of thiophene rings is 1. The van der Waals surface area contributed by atoms with E-state index in [4.69, 9.17) is 0 Å². The Kier molecular flexibility index (Phi) is 5.95. The minimum atomic E-state index is -0.481. The molecule has 6 nitrogen and oxygen atoms in total. The summed E-state index contributed by atoms with van der Waals surface area (Å²) in [5, 5.41) is 17.9. The number of amides is 1. The van der Waals surface area contributed by atoms with Crippen molar-refractivity contribution in [3.63, 3.8) is 0 Å². The van der Waals surface area contributed by atoms with Crippen molar-refractivity contribution in [1.82, 2.24) is 0 Å². The zero-order valence-corrected chi connectivity index (χ0v) is 15.6. The van der Waals surface area contributed by atoms with E-state index in [9.17, 15) is 14.9 Å². The van der Waals surface area contributed by atoms with Crippen LogP contribution < -0.4 is 10.6 Å². The lowest BCUT2D eigenvalue weighted by molar-refractivity contribution is -0.675. The van der Waals surface area contributed by atoms with Crippen molar-refractivity contribution in [2.45, 2.75) is 13.0 Å². The average Bonchev–Trinajstić information content (AvgIpc) is 3.18. The van der Waals surface area contributed by atoms with Gasteiger partial charge >= 0.3 is 0 Å². The third kappa shape index (κ3) is 4.58. The summed E-state index contributed by atoms with van der Waals surface area (Å²) in [5.41, 5.74) is 1.93. The molecular weight excluding hydrogens is 362 g/mol. The number of benzene rings is 2. The number of hydrogen-bond acceptors (Lipinski definition) is 4. The van der Waals surface area contributed by atoms with Gasteiger partial charge in [-0.3, -0.25) is 14.9 Å². The molecule has 0 spiro atoms. The lowest BCUT2D eigenvalue weighted by Gasteiger charge is -2.15. The van der Waals surface area contributed by atoms with Crippen LogP contribution in [0.3, 0.4) is 0 Å². The van der Waals surface area contributed by atoms with Crippen molar-refractivity contribution in [3.05, 3.63) is 92.2 Å². The van der Waals surface area contributed by atoms with Crippen LogP contribution in [0.25, 0.3) is 0 Å². The smallest absolute Gasteiger partial charge is 0.293 e. The van der Waals surface area contributed by atoms with Crippen molar-refractivity contribution >= 4 is 28.6 Å². The van der Waals surface area contributed by atoms with Crippen LogP contribution in [0.1, 0.15) is 22.0 Å². The van der Waals surface area contributed by atoms with Gasteiger partial charge in [-0.05, 0) is 23.9 Å². The SMILES string of the molecule is Cc1cccc([N+](=O)[O-])c1NC(=O)C[NH2+][C@@H](c1ccccc1)c1cccs1. The van der Waals surface area contributed by atoms with Crippen LogP contribution in [-0.2, 0) is 4.79 Å². The number of nitro benzene ring substituents is 1. The standard InChI is InChI=1S/C20H19N3O3S/c1-14-7-5-10-16(23(25)26)19(14)22-18(24)13-21-20(17-11-6-12-27-17)15-8-3-2-4-9-15/h2-12,20-21H,13H2,1H3,(H,22,24)/p+1/t20-/m0/s1. The van der Waals surface area contributed by atoms with Gasteiger partial charge in [0.15, 0.2) is 6.54 Å². The highest BCUT2D eigenvalue weighted by atomic mass is 32.1. The van der Waals surface area contributed by atoms with Crippen LogP contribution in [0.5, 0.6) is 0 Å². The predicted molar refractivity (Wildman–Crippen MR) is 106 cm³/mol. The third-order valence-electron chi connectivity index (χ3n) is 4.26. The van der Waals surface area contributed by atoms with Crippen LogP contribution in [0.4, 0.5) is 11.4 Å². The Morgan fingerprint density at radius 2 is 1.93 bits per heavy atom. The number of rotatable bonds is 7. The van der Waals surface area contributed by atoms with E-state index in [2.05, 4.69) is 5.32 Å². The third-order valence-corrected chi connectivity index (χ3v) is 5.21. The number of nitrogens with one attached hydrogen (secondary N) is 1. The van der Waals surface area contributed by atoms with Gasteiger partial charge in [-0.2, -0.15) is 0 Å². The van der Waals surface area contributed by atoms with Crippen molar-refractivity contribution in [2.24, 2.45) is 0 Å². The minimum absolute atomic E-state index is 0.00352. The molecule has 2 aromatic carbocycles. The first kappa shape index (κ1) is 18.8. The van der Waals surface area contributed by atoms with Gasteiger partial charge in [0.25, 0.3) is 11.6 Å². The number of anilines is 1. The summed E-state index contributed by atoms with van der Waals surface area (Å²) in [4.78, 5) is 24.4. The van der Waals surface area contributed by atoms with Crippen molar-refractivity contribution in [3.8, 4) is 0 Å². The first-order valence-corrected chi connectivity index (χ1v) is 9.39. The second-order valence-electron chi connectivity index (χ2n) is 6.12. The molecule has 0 bridgehead atoms. The molecule has 0 aliphatic heterocycles. The van der Waals surface area contributed by atoms with Gasteiger partial charge in [-0.15, -0.1) is 11.3 Å². The first-order chi connectivity index (χ1) is 13.1. The molecule has 3 aromatic rings. The van der Waals surface area contributed by atoms with E-state index in [1.807, 2.05) is 53.2 Å². The molecule has 1 aromatic heterocycles. The zero-order valence-electron chi connectivity index (χ0n) is 14.8. The summed E-state index contributed by atoms with van der Waals surface area (Å²) < 4.78 is 0. The number of nitrogens with zero attached hydrogens (tertiary/aromatic N) is 1. The monoisotopic (exact) mass is 382 g/mol. The lowest BCUT2D eigenvalue weighted by atomic mass is 10.1. The molecule has 0 saturated carbocycles. The van der Waals surface area contributed by atoms with E-state index in [0.29, 0.717) is 5.56 Å². The Morgan fingerprint density at radius 1 is 1.15 bits per heavy atom. The average molecular weight is 382 g/mol. The van der Waals surface area contributed by atoms with Gasteiger partial charge < -0.3 is 10.6 Å². The Morgan fingerprint density at radius 3 is 2.59 bits per heavy atom. The number of carbonyl (C=O) groups excluding carboxylic acids is 1. The molecule has 27 heavy (non-hydrogen) atoms. The fraction of sp³-hybridized carbons (Fsp3) is 0.150. The molecule has 7 heteroatoms. The maximum atomic E-state index is 12.5. The summed E-state index contributed by atoms with van der Waals surface area (Å²) in [7, 11) is 0. The second-order valence-corrected chi connectivity index (χ2v) is 7.10. The maximum absolute atomic E-state index is 12.5. The molecule has 0 aliphatic carbocycles. The Labute approximate surface area is 161 Å². The van der Waals surface area contributed by atoms with Crippen molar-refractivity contribution in [1.29, 1.82) is 0 Å². The number of hydrogen-bond donors (Lipinski definition) is 2. The fourth-order valence-electron chi connectivity index (χ4n) is 2.93. The van der Waals surface area contributed by atoms with Crippen LogP contribution >= 0.6 is 11.3 Å². The van der Waals surface area contributed by atoms with E-state index in [0.717, 1.165) is 10.4 Å². The maximum Gasteiger partial charge on any atom is 0.293 e. The van der Waals surface area contributed by atoms with Crippen molar-refractivity contribution in [2.75, 3.05) is 11.9 Å². The summed E-state index contributed by atoms with van der Waals surface area (Å²) in [5.74, 6) is -0.273. The van der Waals surface area contributed by atoms with Gasteiger partial charge in [0.2, 0.25) is 0 Å². The number of carbonyl (C=O) groups is 1. The van der Waals surface area contributed by atoms with Gasteiger partial charge in [0, 0.05) is 11.6 Å². The largest absolute Gasteiger partial charge is 0.328 e. The Hall–Kier alpha value is -3.03. The van der Waals surface area contributed by atoms with E-state index >= 15 is 0 Å². The van der Waals surface area contributed by atoms with Gasteiger partial charge in [0.1, 0.15) is 11.7 Å². The molecule has 138 valence electrons. The summed E-state index contributed by atoms with van der Waals surface area (Å²) in [6, 6.07) is 18.7. The van der Waals surface area contributed by atoms with Gasteiger partial charge in [-0.25, -0.2) is 0 Å². The number of para-hydroxylation sites is 1. The molecule has 3 rings (SSSR count). The topological polar surface area (TPSA) is 88.9 Å².